The molecule has 0 aliphatic rings. The van der Waals surface area contributed by atoms with E-state index >= 15 is 0 Å². The zero-order valence-electron chi connectivity index (χ0n) is 10.3. The number of carbonyl (C=O) groups excluding carboxylic acids is 1. The number of hydrogen-bond donors (Lipinski definition) is 1. The quantitative estimate of drug-likeness (QED) is 0.798. The highest BCUT2D eigenvalue weighted by molar-refractivity contribution is 5.75. The van der Waals surface area contributed by atoms with Crippen LogP contribution in [0.3, 0.4) is 0 Å². The molecule has 16 heavy (non-hydrogen) atoms. The highest BCUT2D eigenvalue weighted by Crippen LogP contribution is 2.13. The lowest BCUT2D eigenvalue weighted by molar-refractivity contribution is -0.152. The molecule has 1 rings (SSSR count). The Bertz CT molecular complexity index is 366. The summed E-state index contributed by atoms with van der Waals surface area (Å²) in [7, 11) is 0. The largest absolute Gasteiger partial charge is 0.459 e. The number of nitrogens with one attached hydrogen (secondary N) is 1. The topological polar surface area (TPSA) is 38.3 Å². The van der Waals surface area contributed by atoms with Gasteiger partial charge in [-0.2, -0.15) is 0 Å². The van der Waals surface area contributed by atoms with Gasteiger partial charge >= 0.3 is 5.97 Å². The molecule has 0 saturated carbocycles. The van der Waals surface area contributed by atoms with E-state index in [0.717, 1.165) is 11.3 Å². The minimum atomic E-state index is -0.426. The molecule has 0 heterocycles. The van der Waals surface area contributed by atoms with Crippen molar-refractivity contribution in [3.63, 3.8) is 0 Å². The van der Waals surface area contributed by atoms with Gasteiger partial charge in [-0.25, -0.2) is 0 Å². The van der Waals surface area contributed by atoms with Gasteiger partial charge in [-0.05, 0) is 39.3 Å². The van der Waals surface area contributed by atoms with Gasteiger partial charge in [0, 0.05) is 5.69 Å². The van der Waals surface area contributed by atoms with Gasteiger partial charge in [0.25, 0.3) is 0 Å². The maximum Gasteiger partial charge on any atom is 0.325 e. The molecular weight excluding hydrogens is 202 g/mol. The fraction of sp³-hybridized carbons (Fsp3) is 0.462. The van der Waals surface area contributed by atoms with Crippen LogP contribution in [0, 0.1) is 6.92 Å². The Labute approximate surface area is 96.8 Å². The summed E-state index contributed by atoms with van der Waals surface area (Å²) in [5.41, 5.74) is 1.66. The van der Waals surface area contributed by atoms with E-state index in [-0.39, 0.29) is 12.5 Å². The molecule has 88 valence electrons. The summed E-state index contributed by atoms with van der Waals surface area (Å²) in [6.07, 6.45) is 0. The average molecular weight is 221 g/mol. The fourth-order valence-corrected chi connectivity index (χ4v) is 1.32. The molecule has 1 aromatic rings. The molecule has 0 radical (unpaired) electrons. The molecule has 0 bridgehead atoms. The van der Waals surface area contributed by atoms with Crippen molar-refractivity contribution in [2.45, 2.75) is 33.3 Å². The van der Waals surface area contributed by atoms with E-state index in [1.54, 1.807) is 0 Å². The van der Waals surface area contributed by atoms with Crippen molar-refractivity contribution in [1.82, 2.24) is 0 Å². The van der Waals surface area contributed by atoms with Gasteiger partial charge in [-0.15, -0.1) is 0 Å². The summed E-state index contributed by atoms with van der Waals surface area (Å²) in [4.78, 5) is 11.5. The Morgan fingerprint density at radius 2 is 1.94 bits per heavy atom. The number of rotatable bonds is 3. The van der Waals surface area contributed by atoms with Crippen LogP contribution in [0.1, 0.15) is 26.3 Å². The molecular formula is C13H19NO2. The van der Waals surface area contributed by atoms with E-state index in [1.165, 1.54) is 0 Å². The Morgan fingerprint density at radius 3 is 2.50 bits per heavy atom. The lowest BCUT2D eigenvalue weighted by atomic mass is 10.2. The number of carbonyl (C=O) groups is 1. The van der Waals surface area contributed by atoms with Crippen LogP contribution >= 0.6 is 0 Å². The second-order valence-electron chi connectivity index (χ2n) is 4.75. The summed E-state index contributed by atoms with van der Waals surface area (Å²) >= 11 is 0. The van der Waals surface area contributed by atoms with Crippen LogP contribution < -0.4 is 5.32 Å². The van der Waals surface area contributed by atoms with E-state index in [2.05, 4.69) is 5.32 Å². The van der Waals surface area contributed by atoms with Crippen LogP contribution in [-0.4, -0.2) is 18.1 Å². The molecule has 0 aliphatic carbocycles. The number of anilines is 1. The van der Waals surface area contributed by atoms with E-state index in [4.69, 9.17) is 4.74 Å². The zero-order chi connectivity index (χ0) is 12.2. The van der Waals surface area contributed by atoms with Gasteiger partial charge < -0.3 is 10.1 Å². The Kier molecular flexibility index (Phi) is 3.93. The van der Waals surface area contributed by atoms with Gasteiger partial charge in [0.05, 0.1) is 0 Å². The first-order valence-corrected chi connectivity index (χ1v) is 5.40. The first-order valence-electron chi connectivity index (χ1n) is 5.40. The van der Waals surface area contributed by atoms with Crippen LogP contribution in [0.5, 0.6) is 0 Å². The second-order valence-corrected chi connectivity index (χ2v) is 4.75. The maximum atomic E-state index is 11.5. The fourth-order valence-electron chi connectivity index (χ4n) is 1.32. The monoisotopic (exact) mass is 221 g/mol. The van der Waals surface area contributed by atoms with Crippen LogP contribution in [0.4, 0.5) is 5.69 Å². The number of para-hydroxylation sites is 1. The molecule has 0 aliphatic heterocycles. The minimum Gasteiger partial charge on any atom is -0.459 e. The number of benzene rings is 1. The predicted octanol–water partition coefficient (Wildman–Crippen LogP) is 2.75. The van der Waals surface area contributed by atoms with Crippen LogP contribution in [0.2, 0.25) is 0 Å². The zero-order valence-corrected chi connectivity index (χ0v) is 10.3. The van der Waals surface area contributed by atoms with Gasteiger partial charge in [-0.1, -0.05) is 18.2 Å². The standard InChI is InChI=1S/C13H19NO2/c1-10-7-5-6-8-11(10)14-9-12(15)16-13(2,3)4/h5-8,14H,9H2,1-4H3. The molecule has 1 aromatic carbocycles. The van der Waals surface area contributed by atoms with Crippen molar-refractivity contribution in [2.24, 2.45) is 0 Å². The molecule has 0 saturated heterocycles. The van der Waals surface area contributed by atoms with E-state index < -0.39 is 5.60 Å². The van der Waals surface area contributed by atoms with E-state index in [9.17, 15) is 4.79 Å². The Balaban J connectivity index is 2.47. The molecule has 0 fully saturated rings. The van der Waals surface area contributed by atoms with E-state index in [0.29, 0.717) is 0 Å². The van der Waals surface area contributed by atoms with Crippen molar-refractivity contribution in [1.29, 1.82) is 0 Å². The molecule has 0 spiro atoms. The van der Waals surface area contributed by atoms with Gasteiger partial charge in [0.2, 0.25) is 0 Å². The summed E-state index contributed by atoms with van der Waals surface area (Å²) < 4.78 is 5.20. The lowest BCUT2D eigenvalue weighted by Gasteiger charge is -2.20. The highest BCUT2D eigenvalue weighted by atomic mass is 16.6. The first kappa shape index (κ1) is 12.6. The van der Waals surface area contributed by atoms with Crippen molar-refractivity contribution in [2.75, 3.05) is 11.9 Å². The van der Waals surface area contributed by atoms with Crippen molar-refractivity contribution < 1.29 is 9.53 Å². The predicted molar refractivity (Wildman–Crippen MR) is 65.5 cm³/mol. The number of aryl methyl sites for hydroxylation is 1. The molecule has 0 unspecified atom stereocenters. The molecule has 0 atom stereocenters. The molecule has 1 N–H and O–H groups in total. The van der Waals surface area contributed by atoms with Gasteiger partial charge in [0.1, 0.15) is 12.1 Å². The first-order chi connectivity index (χ1) is 7.38. The molecule has 3 heteroatoms. The summed E-state index contributed by atoms with van der Waals surface area (Å²) in [5.74, 6) is -0.240. The van der Waals surface area contributed by atoms with Crippen molar-refractivity contribution in [3.8, 4) is 0 Å². The van der Waals surface area contributed by atoms with Gasteiger partial charge in [0.15, 0.2) is 0 Å². The minimum absolute atomic E-state index is 0.197. The second kappa shape index (κ2) is 5.01. The number of ether oxygens (including phenoxy) is 1. The van der Waals surface area contributed by atoms with Gasteiger partial charge in [-0.3, -0.25) is 4.79 Å². The van der Waals surface area contributed by atoms with E-state index in [1.807, 2.05) is 52.0 Å². The number of hydrogen-bond acceptors (Lipinski definition) is 3. The third-order valence-electron chi connectivity index (χ3n) is 1.99. The van der Waals surface area contributed by atoms with Crippen LogP contribution in [-0.2, 0) is 9.53 Å². The molecule has 3 nitrogen and oxygen atoms in total. The third kappa shape index (κ3) is 4.34. The molecule has 0 aromatic heterocycles. The van der Waals surface area contributed by atoms with Crippen LogP contribution in [0.15, 0.2) is 24.3 Å². The lowest BCUT2D eigenvalue weighted by Crippen LogP contribution is -2.28. The third-order valence-corrected chi connectivity index (χ3v) is 1.99. The maximum absolute atomic E-state index is 11.5. The van der Waals surface area contributed by atoms with Crippen molar-refractivity contribution >= 4 is 11.7 Å². The number of esters is 1. The summed E-state index contributed by atoms with van der Waals surface area (Å²) in [6.45, 7) is 7.77. The Hall–Kier alpha value is -1.51. The molecule has 0 amide bonds. The summed E-state index contributed by atoms with van der Waals surface area (Å²) in [5, 5.41) is 3.06. The average Bonchev–Trinajstić information content (AvgIpc) is 2.14. The highest BCUT2D eigenvalue weighted by Gasteiger charge is 2.15. The smallest absolute Gasteiger partial charge is 0.325 e. The summed E-state index contributed by atoms with van der Waals surface area (Å²) in [6, 6.07) is 7.84. The van der Waals surface area contributed by atoms with Crippen LogP contribution in [0.25, 0.3) is 0 Å². The normalized spacial score (nSPS) is 11.0. The Morgan fingerprint density at radius 1 is 1.31 bits per heavy atom. The SMILES string of the molecule is Cc1ccccc1NCC(=O)OC(C)(C)C. The van der Waals surface area contributed by atoms with Crippen molar-refractivity contribution in [3.05, 3.63) is 29.8 Å².